The van der Waals surface area contributed by atoms with Crippen LogP contribution in [0.15, 0.2) is 22.7 Å². The fourth-order valence-electron chi connectivity index (χ4n) is 2.98. The largest absolute Gasteiger partial charge is 0.369 e. The van der Waals surface area contributed by atoms with E-state index < -0.39 is 0 Å². The molecule has 1 aromatic carbocycles. The van der Waals surface area contributed by atoms with Crippen LogP contribution < -0.4 is 10.2 Å². The Morgan fingerprint density at radius 2 is 2.05 bits per heavy atom. The molecule has 1 aliphatic rings. The molecular weight excluding hydrogens is 300 g/mol. The van der Waals surface area contributed by atoms with Crippen LogP contribution in [0.2, 0.25) is 0 Å². The first-order valence-corrected chi connectivity index (χ1v) is 8.15. The molecule has 0 aliphatic carbocycles. The smallest absolute Gasteiger partial charge is 0.0407 e. The van der Waals surface area contributed by atoms with Crippen LogP contribution in [-0.4, -0.2) is 25.2 Å². The summed E-state index contributed by atoms with van der Waals surface area (Å²) in [6.07, 6.45) is 3.59. The minimum absolute atomic E-state index is 0.269. The number of rotatable bonds is 3. The van der Waals surface area contributed by atoms with Gasteiger partial charge in [0.15, 0.2) is 0 Å². The Morgan fingerprint density at radius 3 is 2.74 bits per heavy atom. The van der Waals surface area contributed by atoms with Gasteiger partial charge in [-0.25, -0.2) is 0 Å². The molecule has 1 aliphatic heterocycles. The first-order valence-electron chi connectivity index (χ1n) is 7.36. The number of benzene rings is 1. The van der Waals surface area contributed by atoms with Gasteiger partial charge in [0.05, 0.1) is 0 Å². The minimum Gasteiger partial charge on any atom is -0.369 e. The predicted molar refractivity (Wildman–Crippen MR) is 87.0 cm³/mol. The molecule has 19 heavy (non-hydrogen) atoms. The van der Waals surface area contributed by atoms with Gasteiger partial charge >= 0.3 is 0 Å². The lowest BCUT2D eigenvalue weighted by Crippen LogP contribution is -2.50. The summed E-state index contributed by atoms with van der Waals surface area (Å²) in [7, 11) is 0. The van der Waals surface area contributed by atoms with Gasteiger partial charge in [0, 0.05) is 28.8 Å². The first kappa shape index (κ1) is 14.9. The molecule has 0 saturated carbocycles. The molecule has 0 spiro atoms. The van der Waals surface area contributed by atoms with Crippen molar-refractivity contribution in [2.75, 3.05) is 24.5 Å². The van der Waals surface area contributed by atoms with Crippen molar-refractivity contribution in [3.63, 3.8) is 0 Å². The monoisotopic (exact) mass is 324 g/mol. The van der Waals surface area contributed by atoms with Gasteiger partial charge in [0.25, 0.3) is 0 Å². The lowest BCUT2D eigenvalue weighted by Gasteiger charge is -2.37. The molecule has 0 bridgehead atoms. The summed E-state index contributed by atoms with van der Waals surface area (Å²) in [4.78, 5) is 2.56. The van der Waals surface area contributed by atoms with E-state index in [2.05, 4.69) is 65.1 Å². The van der Waals surface area contributed by atoms with Crippen LogP contribution in [0, 0.1) is 6.92 Å². The molecule has 0 amide bonds. The van der Waals surface area contributed by atoms with Crippen molar-refractivity contribution in [2.24, 2.45) is 0 Å². The maximum atomic E-state index is 3.77. The Hall–Kier alpha value is -0.540. The minimum atomic E-state index is 0.269. The van der Waals surface area contributed by atoms with Crippen molar-refractivity contribution in [1.29, 1.82) is 0 Å². The number of aryl methyl sites for hydroxylation is 1. The van der Waals surface area contributed by atoms with Crippen LogP contribution in [0.3, 0.4) is 0 Å². The second kappa shape index (κ2) is 6.27. The van der Waals surface area contributed by atoms with E-state index in [-0.39, 0.29) is 5.54 Å². The Labute approximate surface area is 125 Å². The topological polar surface area (TPSA) is 15.3 Å². The highest BCUT2D eigenvalue weighted by atomic mass is 79.9. The molecule has 3 heteroatoms. The molecule has 1 fully saturated rings. The summed E-state index contributed by atoms with van der Waals surface area (Å²) in [5.74, 6) is 0. The Balaban J connectivity index is 2.29. The number of hydrogen-bond donors (Lipinski definition) is 1. The van der Waals surface area contributed by atoms with Crippen LogP contribution in [0.1, 0.15) is 38.7 Å². The lowest BCUT2D eigenvalue weighted by atomic mass is 9.92. The van der Waals surface area contributed by atoms with Gasteiger partial charge in [0.2, 0.25) is 0 Å². The van der Waals surface area contributed by atoms with Crippen LogP contribution in [0.5, 0.6) is 0 Å². The summed E-state index contributed by atoms with van der Waals surface area (Å²) in [5.41, 5.74) is 3.01. The van der Waals surface area contributed by atoms with Crippen LogP contribution in [0.25, 0.3) is 0 Å². The second-order valence-corrected chi connectivity index (χ2v) is 6.54. The third-order valence-electron chi connectivity index (χ3n) is 4.46. The standard InChI is InChI=1S/C16H25BrN2/c1-4-16(5-2)12-19(10-6-9-18-16)15-11-14(17)8-7-13(15)3/h7-8,11,18H,4-6,9-10,12H2,1-3H3. The van der Waals surface area contributed by atoms with Crippen LogP contribution in [0.4, 0.5) is 5.69 Å². The van der Waals surface area contributed by atoms with Gasteiger partial charge < -0.3 is 10.2 Å². The van der Waals surface area contributed by atoms with E-state index in [1.165, 1.54) is 35.0 Å². The molecule has 2 nitrogen and oxygen atoms in total. The van der Waals surface area contributed by atoms with Gasteiger partial charge in [-0.2, -0.15) is 0 Å². The maximum absolute atomic E-state index is 3.77. The highest BCUT2D eigenvalue weighted by Crippen LogP contribution is 2.29. The molecular formula is C16H25BrN2. The van der Waals surface area contributed by atoms with E-state index in [0.717, 1.165) is 19.6 Å². The van der Waals surface area contributed by atoms with Crippen molar-refractivity contribution < 1.29 is 0 Å². The highest BCUT2D eigenvalue weighted by molar-refractivity contribution is 9.10. The molecule has 0 atom stereocenters. The van der Waals surface area contributed by atoms with E-state index in [0.29, 0.717) is 0 Å². The summed E-state index contributed by atoms with van der Waals surface area (Å²) >= 11 is 3.60. The van der Waals surface area contributed by atoms with E-state index in [1.54, 1.807) is 0 Å². The zero-order valence-corrected chi connectivity index (χ0v) is 13.9. The number of nitrogens with one attached hydrogen (secondary N) is 1. The van der Waals surface area contributed by atoms with E-state index >= 15 is 0 Å². The zero-order chi connectivity index (χ0) is 13.9. The average molecular weight is 325 g/mol. The van der Waals surface area contributed by atoms with Crippen molar-refractivity contribution in [3.05, 3.63) is 28.2 Å². The van der Waals surface area contributed by atoms with E-state index in [4.69, 9.17) is 0 Å². The van der Waals surface area contributed by atoms with Crippen molar-refractivity contribution in [2.45, 2.75) is 45.6 Å². The third kappa shape index (κ3) is 3.32. The molecule has 2 rings (SSSR count). The molecule has 1 N–H and O–H groups in total. The molecule has 1 aromatic rings. The summed E-state index contributed by atoms with van der Waals surface area (Å²) < 4.78 is 1.17. The number of halogens is 1. The Bertz CT molecular complexity index is 427. The Kier molecular flexibility index (Phi) is 4.91. The molecule has 0 unspecified atom stereocenters. The molecule has 0 aromatic heterocycles. The highest BCUT2D eigenvalue weighted by Gasteiger charge is 2.30. The lowest BCUT2D eigenvalue weighted by molar-refractivity contribution is 0.321. The maximum Gasteiger partial charge on any atom is 0.0407 e. The summed E-state index contributed by atoms with van der Waals surface area (Å²) in [6.45, 7) is 10.2. The molecule has 1 heterocycles. The summed E-state index contributed by atoms with van der Waals surface area (Å²) in [5, 5.41) is 3.77. The second-order valence-electron chi connectivity index (χ2n) is 5.62. The van der Waals surface area contributed by atoms with E-state index in [1.807, 2.05) is 0 Å². The van der Waals surface area contributed by atoms with E-state index in [9.17, 15) is 0 Å². The van der Waals surface area contributed by atoms with Crippen molar-refractivity contribution in [1.82, 2.24) is 5.32 Å². The summed E-state index contributed by atoms with van der Waals surface area (Å²) in [6, 6.07) is 6.59. The van der Waals surface area contributed by atoms with Crippen LogP contribution in [-0.2, 0) is 0 Å². The molecule has 106 valence electrons. The predicted octanol–water partition coefficient (Wildman–Crippen LogP) is 4.12. The van der Waals surface area contributed by atoms with Crippen molar-refractivity contribution >= 4 is 21.6 Å². The van der Waals surface area contributed by atoms with Gasteiger partial charge in [-0.15, -0.1) is 0 Å². The number of nitrogens with zero attached hydrogens (tertiary/aromatic N) is 1. The fraction of sp³-hybridized carbons (Fsp3) is 0.625. The SMILES string of the molecule is CCC1(CC)CN(c2cc(Br)ccc2C)CCCN1. The first-order chi connectivity index (χ1) is 9.10. The van der Waals surface area contributed by atoms with Gasteiger partial charge in [-0.3, -0.25) is 0 Å². The normalized spacial score (nSPS) is 19.3. The van der Waals surface area contributed by atoms with Gasteiger partial charge in [-0.1, -0.05) is 35.8 Å². The van der Waals surface area contributed by atoms with Gasteiger partial charge in [-0.05, 0) is 50.4 Å². The quantitative estimate of drug-likeness (QED) is 0.899. The number of anilines is 1. The molecule has 0 radical (unpaired) electrons. The Morgan fingerprint density at radius 1 is 1.32 bits per heavy atom. The molecule has 1 saturated heterocycles. The third-order valence-corrected chi connectivity index (χ3v) is 4.96. The average Bonchev–Trinajstić information content (AvgIpc) is 2.64. The van der Waals surface area contributed by atoms with Crippen LogP contribution >= 0.6 is 15.9 Å². The fourth-order valence-corrected chi connectivity index (χ4v) is 3.33. The van der Waals surface area contributed by atoms with Crippen molar-refractivity contribution in [3.8, 4) is 0 Å². The van der Waals surface area contributed by atoms with Gasteiger partial charge in [0.1, 0.15) is 0 Å². The zero-order valence-electron chi connectivity index (χ0n) is 12.3. The number of hydrogen-bond acceptors (Lipinski definition) is 2.